The molecule has 96 heavy (non-hydrogen) atoms. The van der Waals surface area contributed by atoms with E-state index in [9.17, 15) is 0 Å². The third-order valence-corrected chi connectivity index (χ3v) is 18.7. The zero-order valence-electron chi connectivity index (χ0n) is 52.2. The molecule has 452 valence electrons. The molecule has 0 aliphatic carbocycles. The van der Waals surface area contributed by atoms with Gasteiger partial charge < -0.3 is 27.8 Å². The minimum Gasteiger partial charge on any atom is -0.456 e. The van der Waals surface area contributed by atoms with Crippen LogP contribution in [0.3, 0.4) is 0 Å². The van der Waals surface area contributed by atoms with Crippen molar-refractivity contribution < 1.29 is 8.83 Å². The first-order chi connectivity index (χ1) is 47.6. The van der Waals surface area contributed by atoms with Crippen LogP contribution in [0, 0.1) is 0 Å². The predicted molar refractivity (Wildman–Crippen MR) is 402 cm³/mol. The van der Waals surface area contributed by atoms with Gasteiger partial charge in [0.15, 0.2) is 0 Å². The van der Waals surface area contributed by atoms with Gasteiger partial charge in [0, 0.05) is 83.2 Å². The Morgan fingerprint density at radius 3 is 1.19 bits per heavy atom. The highest BCUT2D eigenvalue weighted by Crippen LogP contribution is 2.47. The number of aromatic nitrogens is 2. The Kier molecular flexibility index (Phi) is 13.8. The smallest absolute Gasteiger partial charge is 0.147 e. The molecule has 4 aromatic heterocycles. The minimum atomic E-state index is 0.841. The van der Waals surface area contributed by atoms with Gasteiger partial charge >= 0.3 is 0 Å². The van der Waals surface area contributed by atoms with Crippen molar-refractivity contribution in [2.45, 2.75) is 0 Å². The molecule has 0 unspecified atom stereocenters. The highest BCUT2D eigenvalue weighted by Gasteiger charge is 2.24. The molecule has 0 saturated heterocycles. The molecule has 6 nitrogen and oxygen atoms in total. The van der Waals surface area contributed by atoms with E-state index in [1.807, 2.05) is 18.2 Å². The number of anilines is 6. The number of rotatable bonds is 11. The summed E-state index contributed by atoms with van der Waals surface area (Å²) in [7, 11) is 0. The lowest BCUT2D eigenvalue weighted by Gasteiger charge is -2.26. The van der Waals surface area contributed by atoms with Gasteiger partial charge in [-0.25, -0.2) is 0 Å². The lowest BCUT2D eigenvalue weighted by Crippen LogP contribution is -2.10. The Balaban J connectivity index is 0.000000141. The number of para-hydroxylation sites is 6. The normalized spacial score (nSPS) is 11.5. The molecular weight excluding hydrogens is 1170 g/mol. The average Bonchev–Trinajstić information content (AvgIpc) is 1.57. The van der Waals surface area contributed by atoms with Crippen LogP contribution in [0.1, 0.15) is 0 Å². The van der Waals surface area contributed by atoms with Gasteiger partial charge in [-0.1, -0.05) is 218 Å². The fourth-order valence-corrected chi connectivity index (χ4v) is 14.4. The lowest BCUT2D eigenvalue weighted by atomic mass is 10.0. The average molecular weight is 1230 g/mol. The first-order valence-electron chi connectivity index (χ1n) is 32.6. The first-order valence-corrected chi connectivity index (χ1v) is 32.6. The van der Waals surface area contributed by atoms with Crippen LogP contribution in [0.4, 0.5) is 34.1 Å². The fraction of sp³-hybridized carbons (Fsp3) is 0. The maximum atomic E-state index is 6.47. The van der Waals surface area contributed by atoms with Crippen LogP contribution in [0.25, 0.3) is 132 Å². The molecule has 0 atom stereocenters. The van der Waals surface area contributed by atoms with Gasteiger partial charge in [0.2, 0.25) is 0 Å². The van der Waals surface area contributed by atoms with Crippen molar-refractivity contribution in [3.05, 3.63) is 364 Å². The quantitative estimate of drug-likeness (QED) is 0.129. The second kappa shape index (κ2) is 23.7. The summed E-state index contributed by atoms with van der Waals surface area (Å²) in [6.07, 6.45) is 0. The van der Waals surface area contributed by atoms with E-state index in [1.54, 1.807) is 0 Å². The van der Waals surface area contributed by atoms with Gasteiger partial charge in [-0.3, -0.25) is 0 Å². The largest absolute Gasteiger partial charge is 0.456 e. The third-order valence-electron chi connectivity index (χ3n) is 18.7. The van der Waals surface area contributed by atoms with Crippen LogP contribution in [0.5, 0.6) is 0 Å². The fourth-order valence-electron chi connectivity index (χ4n) is 14.4. The number of furan rings is 2. The summed E-state index contributed by atoms with van der Waals surface area (Å²) in [6, 6.07) is 129. The summed E-state index contributed by atoms with van der Waals surface area (Å²) in [5, 5.41) is 9.30. The van der Waals surface area contributed by atoms with Gasteiger partial charge in [0.05, 0.1) is 27.5 Å². The Labute approximate surface area is 554 Å². The van der Waals surface area contributed by atoms with Crippen molar-refractivity contribution in [1.29, 1.82) is 0 Å². The van der Waals surface area contributed by atoms with Gasteiger partial charge in [-0.15, -0.1) is 0 Å². The highest BCUT2D eigenvalue weighted by atomic mass is 16.3. The number of fused-ring (bicyclic) bond motifs is 14. The molecule has 0 fully saturated rings. The van der Waals surface area contributed by atoms with E-state index in [-0.39, 0.29) is 0 Å². The first kappa shape index (κ1) is 55.9. The number of hydrogen-bond acceptors (Lipinski definition) is 4. The van der Waals surface area contributed by atoms with Crippen LogP contribution >= 0.6 is 0 Å². The van der Waals surface area contributed by atoms with E-state index in [4.69, 9.17) is 8.83 Å². The van der Waals surface area contributed by atoms with E-state index in [0.29, 0.717) is 0 Å². The van der Waals surface area contributed by atoms with Crippen molar-refractivity contribution in [3.8, 4) is 44.8 Å². The lowest BCUT2D eigenvalue weighted by molar-refractivity contribution is 0.663. The van der Waals surface area contributed by atoms with Crippen molar-refractivity contribution in [2.24, 2.45) is 0 Å². The van der Waals surface area contributed by atoms with Gasteiger partial charge in [0.25, 0.3) is 0 Å². The van der Waals surface area contributed by atoms with Crippen molar-refractivity contribution in [2.75, 3.05) is 9.80 Å². The summed E-state index contributed by atoms with van der Waals surface area (Å²) in [5.41, 5.74) is 24.2. The molecule has 19 aromatic rings. The second-order valence-corrected chi connectivity index (χ2v) is 24.4. The second-order valence-electron chi connectivity index (χ2n) is 24.4. The summed E-state index contributed by atoms with van der Waals surface area (Å²) < 4.78 is 17.4. The third kappa shape index (κ3) is 9.74. The number of nitrogens with zero attached hydrogens (tertiary/aromatic N) is 4. The van der Waals surface area contributed by atoms with Crippen LogP contribution < -0.4 is 9.80 Å². The highest BCUT2D eigenvalue weighted by molar-refractivity contribution is 6.29. The molecule has 0 radical (unpaired) electrons. The molecule has 4 heterocycles. The summed E-state index contributed by atoms with van der Waals surface area (Å²) in [5.74, 6) is 0. The predicted octanol–water partition coefficient (Wildman–Crippen LogP) is 25.3. The molecule has 0 spiro atoms. The summed E-state index contributed by atoms with van der Waals surface area (Å²) in [6.45, 7) is 0. The van der Waals surface area contributed by atoms with Gasteiger partial charge in [-0.05, 0) is 179 Å². The Morgan fingerprint density at radius 1 is 0.198 bits per heavy atom. The zero-order chi connectivity index (χ0) is 63.5. The monoisotopic (exact) mass is 1230 g/mol. The Hall–Kier alpha value is -12.9. The molecular formula is C90H60N4O2. The molecule has 0 aliphatic heterocycles. The molecule has 0 amide bonds. The Morgan fingerprint density at radius 2 is 0.594 bits per heavy atom. The van der Waals surface area contributed by atoms with E-state index in [1.165, 1.54) is 65.9 Å². The standard InChI is InChI=1S/C48H33N3.C42H27NO2/c1-5-15-34(16-6-1)35-25-27-39(28-26-35)49(36-17-7-2-8-18-36)40-29-30-42-46(33-40)51(38-21-11-4-12-22-38)45-32-31-44-47(48(42)45)41-23-13-14-24-43(41)50(44)37-19-9-3-10-20-37;1-3-10-28(11-4-1)29-18-21-33(22-19-29)43(32-13-5-2-6-14-32)34-15-9-12-30(26-34)31-20-24-39-37(27-31)35-23-25-40-41(42(35)45-39)36-16-7-8-17-38(36)44-40/h1-33H;1-27H. The maximum Gasteiger partial charge on any atom is 0.147 e. The number of benzene rings is 15. The molecule has 19 rings (SSSR count). The Bertz CT molecular complexity index is 6040. The van der Waals surface area contributed by atoms with Crippen LogP contribution in [-0.2, 0) is 0 Å². The molecule has 0 N–H and O–H groups in total. The summed E-state index contributed by atoms with van der Waals surface area (Å²) in [4.78, 5) is 4.67. The molecule has 0 saturated carbocycles. The summed E-state index contributed by atoms with van der Waals surface area (Å²) >= 11 is 0. The minimum absolute atomic E-state index is 0.841. The van der Waals surface area contributed by atoms with Crippen molar-refractivity contribution >= 4 is 122 Å². The number of hydrogen-bond donors (Lipinski definition) is 0. The molecule has 0 bridgehead atoms. The van der Waals surface area contributed by atoms with Crippen LogP contribution in [0.15, 0.2) is 373 Å². The van der Waals surface area contributed by atoms with Crippen LogP contribution in [-0.4, -0.2) is 9.13 Å². The van der Waals surface area contributed by atoms with E-state index < -0.39 is 0 Å². The van der Waals surface area contributed by atoms with Crippen molar-refractivity contribution in [1.82, 2.24) is 9.13 Å². The van der Waals surface area contributed by atoms with Gasteiger partial charge in [0.1, 0.15) is 22.3 Å². The molecule has 6 heteroatoms. The SMILES string of the molecule is c1ccc(-c2ccc(N(c3ccccc3)c3ccc4c5c6c7ccccc7n(-c7ccccc7)c6ccc5n(-c5ccccc5)c4c3)cc2)cc1.c1ccc(-c2ccc(N(c3ccccc3)c3cccc(-c4ccc5oc6c(ccc7oc8ccccc8c76)c5c4)c3)cc2)cc1. The van der Waals surface area contributed by atoms with Crippen molar-refractivity contribution in [3.63, 3.8) is 0 Å². The van der Waals surface area contributed by atoms with E-state index in [0.717, 1.165) is 101 Å². The maximum absolute atomic E-state index is 6.47. The van der Waals surface area contributed by atoms with E-state index in [2.05, 4.69) is 365 Å². The van der Waals surface area contributed by atoms with Crippen LogP contribution in [0.2, 0.25) is 0 Å². The molecule has 0 aliphatic rings. The zero-order valence-corrected chi connectivity index (χ0v) is 52.2. The molecule has 15 aromatic carbocycles. The van der Waals surface area contributed by atoms with Gasteiger partial charge in [-0.2, -0.15) is 0 Å². The van der Waals surface area contributed by atoms with E-state index >= 15 is 0 Å². The topological polar surface area (TPSA) is 42.6 Å².